The highest BCUT2D eigenvalue weighted by molar-refractivity contribution is 6.33. The van der Waals surface area contributed by atoms with Gasteiger partial charge in [0.25, 0.3) is 0 Å². The molecule has 0 radical (unpaired) electrons. The lowest BCUT2D eigenvalue weighted by molar-refractivity contribution is -0.118. The van der Waals surface area contributed by atoms with Crippen molar-refractivity contribution in [3.05, 3.63) is 34.4 Å². The maximum Gasteiger partial charge on any atom is 0.342 e. The first-order valence-electron chi connectivity index (χ1n) is 8.19. The summed E-state index contributed by atoms with van der Waals surface area (Å²) in [7, 11) is 0. The molecule has 0 spiro atoms. The fourth-order valence-electron chi connectivity index (χ4n) is 2.73. The molecule has 26 heavy (non-hydrogen) atoms. The number of carbonyl (C=O) groups excluding carboxylic acids is 2. The second-order valence-corrected chi connectivity index (χ2v) is 6.69. The Hall–Kier alpha value is -2.09. The van der Waals surface area contributed by atoms with E-state index < -0.39 is 35.8 Å². The zero-order chi connectivity index (χ0) is 19.4. The highest BCUT2D eigenvalue weighted by Crippen LogP contribution is 2.37. The number of ether oxygens (including phenoxy) is 1. The number of rotatable bonds is 0. The Bertz CT molecular complexity index is 729. The molecule has 1 heterocycles. The monoisotopic (exact) mass is 384 g/mol. The van der Waals surface area contributed by atoms with Gasteiger partial charge in [0.1, 0.15) is 28.9 Å². The fraction of sp³-hybridized carbons (Fsp3) is 0.444. The van der Waals surface area contributed by atoms with E-state index in [-0.39, 0.29) is 47.6 Å². The zero-order valence-corrected chi connectivity index (χ0v) is 14.9. The smallest absolute Gasteiger partial charge is 0.342 e. The first-order valence-corrected chi connectivity index (χ1v) is 8.57. The van der Waals surface area contributed by atoms with Crippen molar-refractivity contribution in [2.75, 3.05) is 0 Å². The first kappa shape index (κ1) is 20.2. The van der Waals surface area contributed by atoms with Gasteiger partial charge in [-0.15, -0.1) is 0 Å². The largest absolute Gasteiger partial charge is 0.507 e. The summed E-state index contributed by atoms with van der Waals surface area (Å²) in [5.41, 5.74) is -0.329. The van der Waals surface area contributed by atoms with Gasteiger partial charge in [0, 0.05) is 30.9 Å². The third-order valence-electron chi connectivity index (χ3n) is 4.06. The summed E-state index contributed by atoms with van der Waals surface area (Å²) in [5.74, 6) is -2.27. The summed E-state index contributed by atoms with van der Waals surface area (Å²) in [4.78, 5) is 24.7. The molecule has 4 N–H and O–H groups in total. The molecule has 0 saturated carbocycles. The Morgan fingerprint density at radius 3 is 2.46 bits per heavy atom. The number of phenols is 2. The fourth-order valence-corrected chi connectivity index (χ4v) is 2.95. The third-order valence-corrected chi connectivity index (χ3v) is 4.48. The van der Waals surface area contributed by atoms with Gasteiger partial charge in [0.15, 0.2) is 0 Å². The summed E-state index contributed by atoms with van der Waals surface area (Å²) < 4.78 is 5.22. The lowest BCUT2D eigenvalue weighted by atomic mass is 9.97. The number of aliphatic hydroxyl groups excluding tert-OH is 2. The van der Waals surface area contributed by atoms with E-state index >= 15 is 0 Å². The minimum Gasteiger partial charge on any atom is -0.507 e. The second-order valence-electron chi connectivity index (χ2n) is 6.31. The van der Waals surface area contributed by atoms with E-state index in [1.165, 1.54) is 12.2 Å². The molecule has 1 aromatic carbocycles. The van der Waals surface area contributed by atoms with E-state index in [9.17, 15) is 30.0 Å². The Morgan fingerprint density at radius 2 is 1.77 bits per heavy atom. The van der Waals surface area contributed by atoms with E-state index in [1.807, 2.05) is 0 Å². The van der Waals surface area contributed by atoms with Crippen molar-refractivity contribution in [2.24, 2.45) is 0 Å². The van der Waals surface area contributed by atoms with Gasteiger partial charge in [-0.05, 0) is 13.3 Å². The van der Waals surface area contributed by atoms with Crippen molar-refractivity contribution in [3.63, 3.8) is 0 Å². The molecule has 1 aliphatic heterocycles. The van der Waals surface area contributed by atoms with Gasteiger partial charge < -0.3 is 25.2 Å². The van der Waals surface area contributed by atoms with Crippen LogP contribution in [0.5, 0.6) is 11.5 Å². The molecule has 0 unspecified atom stereocenters. The lowest BCUT2D eigenvalue weighted by Crippen LogP contribution is -2.22. The number of Topliss-reactive ketones (excluding diaryl/α,β-unsaturated/α-hetero) is 1. The van der Waals surface area contributed by atoms with Gasteiger partial charge in [0.05, 0.1) is 17.2 Å². The number of hydrogen-bond acceptors (Lipinski definition) is 7. The molecule has 0 fully saturated rings. The van der Waals surface area contributed by atoms with Gasteiger partial charge in [-0.2, -0.15) is 0 Å². The zero-order valence-electron chi connectivity index (χ0n) is 14.2. The molecule has 3 atom stereocenters. The molecule has 142 valence electrons. The van der Waals surface area contributed by atoms with Gasteiger partial charge in [0.2, 0.25) is 0 Å². The van der Waals surface area contributed by atoms with Crippen LogP contribution in [-0.4, -0.2) is 50.5 Å². The average molecular weight is 385 g/mol. The van der Waals surface area contributed by atoms with Crippen LogP contribution in [0.4, 0.5) is 0 Å². The summed E-state index contributed by atoms with van der Waals surface area (Å²) in [5, 5.41) is 39.4. The number of hydrogen-bond donors (Lipinski definition) is 4. The van der Waals surface area contributed by atoms with Crippen LogP contribution in [0.15, 0.2) is 18.2 Å². The highest BCUT2D eigenvalue weighted by atomic mass is 35.5. The number of aromatic hydroxyl groups is 2. The number of cyclic esters (lactones) is 1. The second kappa shape index (κ2) is 8.53. The van der Waals surface area contributed by atoms with E-state index in [0.717, 1.165) is 6.07 Å². The van der Waals surface area contributed by atoms with Gasteiger partial charge >= 0.3 is 5.97 Å². The summed E-state index contributed by atoms with van der Waals surface area (Å²) in [6.07, 6.45) is 0.0675. The van der Waals surface area contributed by atoms with Crippen LogP contribution in [0.2, 0.25) is 5.02 Å². The predicted molar refractivity (Wildman–Crippen MR) is 93.4 cm³/mol. The molecule has 1 aliphatic rings. The molecule has 0 bridgehead atoms. The van der Waals surface area contributed by atoms with Gasteiger partial charge in [-0.1, -0.05) is 23.8 Å². The van der Waals surface area contributed by atoms with Crippen molar-refractivity contribution in [1.29, 1.82) is 0 Å². The summed E-state index contributed by atoms with van der Waals surface area (Å²) in [6.45, 7) is 1.56. The minimum absolute atomic E-state index is 0.0146. The predicted octanol–water partition coefficient (Wildman–Crippen LogP) is 1.87. The molecule has 8 heteroatoms. The van der Waals surface area contributed by atoms with Crippen LogP contribution in [0.25, 0.3) is 0 Å². The number of halogens is 1. The molecule has 7 nitrogen and oxygen atoms in total. The quantitative estimate of drug-likeness (QED) is 0.397. The summed E-state index contributed by atoms with van der Waals surface area (Å²) >= 11 is 6.03. The molecule has 0 aliphatic carbocycles. The van der Waals surface area contributed by atoms with Crippen molar-refractivity contribution in [1.82, 2.24) is 0 Å². The normalized spacial score (nSPS) is 25.3. The third kappa shape index (κ3) is 4.97. The molecule has 0 amide bonds. The molecule has 0 aromatic heterocycles. The Kier molecular flexibility index (Phi) is 6.63. The maximum absolute atomic E-state index is 12.5. The van der Waals surface area contributed by atoms with Gasteiger partial charge in [-0.3, -0.25) is 4.79 Å². The van der Waals surface area contributed by atoms with Crippen molar-refractivity contribution in [3.8, 4) is 11.5 Å². The molecule has 0 saturated heterocycles. The SMILES string of the molecule is C[C@H]1C[C@H](O)C=C[C@H](O)CCC(=O)Cc2c(Cl)c(O)cc(O)c2C(=O)O1. The van der Waals surface area contributed by atoms with E-state index in [1.54, 1.807) is 6.92 Å². The highest BCUT2D eigenvalue weighted by Gasteiger charge is 2.27. The van der Waals surface area contributed by atoms with Crippen molar-refractivity contribution in [2.45, 2.75) is 50.9 Å². The maximum atomic E-state index is 12.5. The minimum atomic E-state index is -0.956. The number of benzene rings is 1. The number of carbonyl (C=O) groups is 2. The number of esters is 1. The number of aliphatic hydroxyl groups is 2. The van der Waals surface area contributed by atoms with Crippen molar-refractivity contribution < 1.29 is 34.8 Å². The van der Waals surface area contributed by atoms with Crippen LogP contribution in [0, 0.1) is 0 Å². The van der Waals surface area contributed by atoms with Gasteiger partial charge in [-0.25, -0.2) is 4.79 Å². The van der Waals surface area contributed by atoms with Crippen LogP contribution in [-0.2, 0) is 16.0 Å². The Balaban J connectivity index is 2.45. The molecular weight excluding hydrogens is 364 g/mol. The molecular formula is C18H21ClO7. The number of ketones is 1. The number of phenolic OH excluding ortho intramolecular Hbond substituents is 2. The van der Waals surface area contributed by atoms with E-state index in [4.69, 9.17) is 16.3 Å². The average Bonchev–Trinajstić information content (AvgIpc) is 2.54. The van der Waals surface area contributed by atoms with Crippen LogP contribution < -0.4 is 0 Å². The lowest BCUT2D eigenvalue weighted by Gasteiger charge is -2.19. The first-order chi connectivity index (χ1) is 12.2. The van der Waals surface area contributed by atoms with Crippen LogP contribution >= 0.6 is 11.6 Å². The van der Waals surface area contributed by atoms with Crippen LogP contribution in [0.3, 0.4) is 0 Å². The Morgan fingerprint density at radius 1 is 1.12 bits per heavy atom. The van der Waals surface area contributed by atoms with Crippen molar-refractivity contribution >= 4 is 23.4 Å². The molecule has 2 rings (SSSR count). The van der Waals surface area contributed by atoms with Crippen LogP contribution in [0.1, 0.15) is 42.1 Å². The number of fused-ring (bicyclic) bond motifs is 1. The standard InChI is InChI=1S/C18H21ClO7/c1-9-6-11(21)4-2-10(20)3-5-12(22)7-13-16(18(25)26-9)14(23)8-15(24)17(13)19/h2,4,8-11,20-21,23-24H,3,5-7H2,1H3/t9-,10-,11+/m0/s1. The van der Waals surface area contributed by atoms with E-state index in [2.05, 4.69) is 0 Å². The molecule has 1 aromatic rings. The van der Waals surface area contributed by atoms with E-state index in [0.29, 0.717) is 0 Å². The summed E-state index contributed by atoms with van der Waals surface area (Å²) in [6, 6.07) is 0.905. The Labute approximate surface area is 155 Å². The topological polar surface area (TPSA) is 124 Å².